The van der Waals surface area contributed by atoms with Crippen LogP contribution in [0.1, 0.15) is 24.2 Å². The van der Waals surface area contributed by atoms with Gasteiger partial charge in [-0.2, -0.15) is 0 Å². The SMILES string of the molecule is CCOCCN(CCOCC)C(=O)c1cc(N)cnc1Cl. The van der Waals surface area contributed by atoms with Gasteiger partial charge in [-0.15, -0.1) is 0 Å². The minimum atomic E-state index is -0.223. The summed E-state index contributed by atoms with van der Waals surface area (Å²) in [6, 6.07) is 1.53. The fourth-order valence-corrected chi connectivity index (χ4v) is 1.92. The van der Waals surface area contributed by atoms with E-state index in [-0.39, 0.29) is 11.1 Å². The van der Waals surface area contributed by atoms with E-state index in [1.807, 2.05) is 13.8 Å². The molecule has 0 bridgehead atoms. The minimum absolute atomic E-state index is 0.145. The van der Waals surface area contributed by atoms with Gasteiger partial charge in [0.2, 0.25) is 0 Å². The summed E-state index contributed by atoms with van der Waals surface area (Å²) < 4.78 is 10.6. The van der Waals surface area contributed by atoms with E-state index in [0.29, 0.717) is 50.8 Å². The quantitative estimate of drug-likeness (QED) is 0.555. The molecule has 0 fully saturated rings. The zero-order chi connectivity index (χ0) is 15.7. The van der Waals surface area contributed by atoms with Gasteiger partial charge in [0, 0.05) is 26.3 Å². The maximum atomic E-state index is 12.5. The topological polar surface area (TPSA) is 77.7 Å². The van der Waals surface area contributed by atoms with Gasteiger partial charge in [-0.1, -0.05) is 11.6 Å². The summed E-state index contributed by atoms with van der Waals surface area (Å²) in [7, 11) is 0. The average Bonchev–Trinajstić information content (AvgIpc) is 2.48. The number of hydrogen-bond donors (Lipinski definition) is 1. The van der Waals surface area contributed by atoms with E-state index >= 15 is 0 Å². The van der Waals surface area contributed by atoms with Gasteiger partial charge in [0.25, 0.3) is 5.91 Å². The second kappa shape index (κ2) is 9.55. The Labute approximate surface area is 130 Å². The van der Waals surface area contributed by atoms with Crippen molar-refractivity contribution in [2.24, 2.45) is 0 Å². The van der Waals surface area contributed by atoms with Crippen molar-refractivity contribution in [3.63, 3.8) is 0 Å². The predicted octanol–water partition coefficient (Wildman–Crippen LogP) is 1.83. The fourth-order valence-electron chi connectivity index (χ4n) is 1.74. The number of hydrogen-bond acceptors (Lipinski definition) is 5. The van der Waals surface area contributed by atoms with E-state index < -0.39 is 0 Å². The highest BCUT2D eigenvalue weighted by Gasteiger charge is 2.19. The lowest BCUT2D eigenvalue weighted by Gasteiger charge is -2.23. The number of carbonyl (C=O) groups is 1. The normalized spacial score (nSPS) is 10.6. The molecule has 1 rings (SSSR count). The molecule has 1 aromatic rings. The Bertz CT molecular complexity index is 447. The molecule has 0 saturated heterocycles. The molecular formula is C14H22ClN3O3. The van der Waals surface area contributed by atoms with Crippen LogP contribution in [0.15, 0.2) is 12.3 Å². The molecule has 0 spiro atoms. The van der Waals surface area contributed by atoms with Gasteiger partial charge in [-0.05, 0) is 19.9 Å². The highest BCUT2D eigenvalue weighted by Crippen LogP contribution is 2.17. The first kappa shape index (κ1) is 17.7. The molecule has 2 N–H and O–H groups in total. The lowest BCUT2D eigenvalue weighted by atomic mass is 10.2. The number of ether oxygens (including phenoxy) is 2. The van der Waals surface area contributed by atoms with Crippen LogP contribution < -0.4 is 5.73 Å². The molecule has 1 heterocycles. The van der Waals surface area contributed by atoms with Crippen molar-refractivity contribution in [2.45, 2.75) is 13.8 Å². The number of rotatable bonds is 9. The smallest absolute Gasteiger partial charge is 0.257 e. The molecule has 0 unspecified atom stereocenters. The molecule has 0 aliphatic carbocycles. The van der Waals surface area contributed by atoms with Gasteiger partial charge in [0.1, 0.15) is 5.15 Å². The Morgan fingerprint density at radius 1 is 1.29 bits per heavy atom. The largest absolute Gasteiger partial charge is 0.397 e. The first-order valence-corrected chi connectivity index (χ1v) is 7.33. The third-order valence-corrected chi connectivity index (χ3v) is 3.10. The van der Waals surface area contributed by atoms with Crippen molar-refractivity contribution >= 4 is 23.2 Å². The number of nitrogen functional groups attached to an aromatic ring is 1. The standard InChI is InChI=1S/C14H22ClN3O3/c1-3-20-7-5-18(6-8-21-4-2)14(19)12-9-11(16)10-17-13(12)15/h9-10H,3-8,16H2,1-2H3. The van der Waals surface area contributed by atoms with Crippen molar-refractivity contribution in [1.82, 2.24) is 9.88 Å². The monoisotopic (exact) mass is 315 g/mol. The van der Waals surface area contributed by atoms with E-state index in [9.17, 15) is 4.79 Å². The highest BCUT2D eigenvalue weighted by atomic mass is 35.5. The average molecular weight is 316 g/mol. The van der Waals surface area contributed by atoms with Gasteiger partial charge in [0.15, 0.2) is 0 Å². The van der Waals surface area contributed by atoms with Crippen molar-refractivity contribution in [1.29, 1.82) is 0 Å². The van der Waals surface area contributed by atoms with Crippen LogP contribution in [0.3, 0.4) is 0 Å². The van der Waals surface area contributed by atoms with Crippen LogP contribution >= 0.6 is 11.6 Å². The Morgan fingerprint density at radius 2 is 1.86 bits per heavy atom. The Balaban J connectivity index is 2.79. The maximum Gasteiger partial charge on any atom is 0.257 e. The molecule has 0 radical (unpaired) electrons. The molecule has 0 saturated carbocycles. The third-order valence-electron chi connectivity index (χ3n) is 2.80. The van der Waals surface area contributed by atoms with Gasteiger partial charge >= 0.3 is 0 Å². The number of amides is 1. The van der Waals surface area contributed by atoms with E-state index in [1.165, 1.54) is 12.3 Å². The zero-order valence-electron chi connectivity index (χ0n) is 12.5. The van der Waals surface area contributed by atoms with E-state index in [4.69, 9.17) is 26.8 Å². The summed E-state index contributed by atoms with van der Waals surface area (Å²) in [5.74, 6) is -0.223. The summed E-state index contributed by atoms with van der Waals surface area (Å²) in [6.07, 6.45) is 1.42. The van der Waals surface area contributed by atoms with Gasteiger partial charge in [-0.25, -0.2) is 4.98 Å². The first-order chi connectivity index (χ1) is 10.1. The molecule has 0 aliphatic heterocycles. The van der Waals surface area contributed by atoms with Gasteiger partial charge in [-0.3, -0.25) is 4.79 Å². The summed E-state index contributed by atoms with van der Waals surface area (Å²) in [5, 5.41) is 0.145. The summed E-state index contributed by atoms with van der Waals surface area (Å²) in [6.45, 7) is 6.87. The van der Waals surface area contributed by atoms with Crippen LogP contribution in [0.2, 0.25) is 5.15 Å². The third kappa shape index (κ3) is 5.87. The lowest BCUT2D eigenvalue weighted by Crippen LogP contribution is -2.37. The maximum absolute atomic E-state index is 12.5. The van der Waals surface area contributed by atoms with Crippen LogP contribution in [0, 0.1) is 0 Å². The van der Waals surface area contributed by atoms with Crippen LogP contribution in [0.4, 0.5) is 5.69 Å². The van der Waals surface area contributed by atoms with Crippen molar-refractivity contribution < 1.29 is 14.3 Å². The number of halogens is 1. The highest BCUT2D eigenvalue weighted by molar-refractivity contribution is 6.32. The molecule has 0 aliphatic rings. The minimum Gasteiger partial charge on any atom is -0.397 e. The molecular weight excluding hydrogens is 294 g/mol. The summed E-state index contributed by atoms with van der Waals surface area (Å²) in [5.41, 5.74) is 6.36. The summed E-state index contributed by atoms with van der Waals surface area (Å²) >= 11 is 5.98. The van der Waals surface area contributed by atoms with Crippen LogP contribution in [0.25, 0.3) is 0 Å². The molecule has 0 aromatic carbocycles. The van der Waals surface area contributed by atoms with Crippen LogP contribution in [-0.4, -0.2) is 55.3 Å². The Hall–Kier alpha value is -1.37. The number of aromatic nitrogens is 1. The van der Waals surface area contributed by atoms with Gasteiger partial charge < -0.3 is 20.1 Å². The second-order valence-electron chi connectivity index (χ2n) is 4.29. The molecule has 21 heavy (non-hydrogen) atoms. The second-order valence-corrected chi connectivity index (χ2v) is 4.65. The molecule has 6 nitrogen and oxygen atoms in total. The predicted molar refractivity (Wildman–Crippen MR) is 82.5 cm³/mol. The number of nitrogens with two attached hydrogens (primary N) is 1. The van der Waals surface area contributed by atoms with Crippen LogP contribution in [0.5, 0.6) is 0 Å². The van der Waals surface area contributed by atoms with E-state index in [0.717, 1.165) is 0 Å². The molecule has 0 atom stereocenters. The fraction of sp³-hybridized carbons (Fsp3) is 0.571. The van der Waals surface area contributed by atoms with E-state index in [2.05, 4.69) is 4.98 Å². The lowest BCUT2D eigenvalue weighted by molar-refractivity contribution is 0.0550. The van der Waals surface area contributed by atoms with Crippen LogP contribution in [-0.2, 0) is 9.47 Å². The van der Waals surface area contributed by atoms with Gasteiger partial charge in [0.05, 0.1) is 30.7 Å². The zero-order valence-corrected chi connectivity index (χ0v) is 13.2. The molecule has 118 valence electrons. The first-order valence-electron chi connectivity index (χ1n) is 6.95. The number of carbonyl (C=O) groups excluding carboxylic acids is 1. The summed E-state index contributed by atoms with van der Waals surface area (Å²) in [4.78, 5) is 18.1. The Morgan fingerprint density at radius 3 is 2.38 bits per heavy atom. The molecule has 7 heteroatoms. The molecule has 1 amide bonds. The Kier molecular flexibility index (Phi) is 8.04. The number of pyridine rings is 1. The number of anilines is 1. The van der Waals surface area contributed by atoms with Crippen molar-refractivity contribution in [3.05, 3.63) is 23.0 Å². The van der Waals surface area contributed by atoms with Crippen molar-refractivity contribution in [3.8, 4) is 0 Å². The molecule has 1 aromatic heterocycles. The van der Waals surface area contributed by atoms with Crippen molar-refractivity contribution in [2.75, 3.05) is 45.3 Å². The number of nitrogens with zero attached hydrogens (tertiary/aromatic N) is 2. The van der Waals surface area contributed by atoms with E-state index in [1.54, 1.807) is 4.90 Å².